The maximum atomic E-state index is 12.6. The molecule has 2 unspecified atom stereocenters. The Morgan fingerprint density at radius 3 is 2.48 bits per heavy atom. The maximum Gasteiger partial charge on any atom is 0.326 e. The molecule has 1 amide bonds. The topological polar surface area (TPSA) is 117 Å². The van der Waals surface area contributed by atoms with Crippen molar-refractivity contribution in [3.8, 4) is 0 Å². The van der Waals surface area contributed by atoms with Crippen molar-refractivity contribution >= 4 is 21.9 Å². The van der Waals surface area contributed by atoms with Crippen LogP contribution in [-0.4, -0.2) is 48.8 Å². The highest BCUT2D eigenvalue weighted by molar-refractivity contribution is 7.89. The fraction of sp³-hybridized carbons (Fsp3) is 0.625. The van der Waals surface area contributed by atoms with Gasteiger partial charge in [0.05, 0.1) is 0 Å². The van der Waals surface area contributed by atoms with Crippen LogP contribution in [0.4, 0.5) is 0 Å². The van der Waals surface area contributed by atoms with Gasteiger partial charge in [-0.1, -0.05) is 20.3 Å². The van der Waals surface area contributed by atoms with Gasteiger partial charge in [0.25, 0.3) is 5.91 Å². The number of carbonyl (C=O) groups excluding carboxylic acids is 1. The van der Waals surface area contributed by atoms with Gasteiger partial charge in [-0.05, 0) is 25.7 Å². The van der Waals surface area contributed by atoms with E-state index in [4.69, 9.17) is 4.42 Å². The smallest absolute Gasteiger partial charge is 0.326 e. The number of carboxylic acid groups (broad SMARTS) is 1. The van der Waals surface area contributed by atoms with Crippen molar-refractivity contribution < 1.29 is 27.5 Å². The van der Waals surface area contributed by atoms with Crippen molar-refractivity contribution in [3.05, 3.63) is 17.6 Å². The van der Waals surface area contributed by atoms with Crippen molar-refractivity contribution in [2.45, 2.75) is 51.0 Å². The van der Waals surface area contributed by atoms with Crippen molar-refractivity contribution in [2.75, 3.05) is 13.1 Å². The van der Waals surface area contributed by atoms with Crippen LogP contribution in [-0.2, 0) is 14.8 Å². The molecule has 0 bridgehead atoms. The Morgan fingerprint density at radius 1 is 1.36 bits per heavy atom. The standard InChI is InChI=1S/C16H24N2O6S/c1-4-10(2)14(16(20)21)17-15(19)12-9-13(11(3)24-12)25(22,23)18-7-5-6-8-18/h9-10,14H,4-8H2,1-3H3,(H,17,19)(H,20,21). The van der Waals surface area contributed by atoms with Crippen molar-refractivity contribution in [2.24, 2.45) is 5.92 Å². The molecular weight excluding hydrogens is 348 g/mol. The largest absolute Gasteiger partial charge is 0.480 e. The molecule has 1 aromatic rings. The summed E-state index contributed by atoms with van der Waals surface area (Å²) >= 11 is 0. The number of hydrogen-bond acceptors (Lipinski definition) is 5. The number of furan rings is 1. The van der Waals surface area contributed by atoms with Crippen LogP contribution < -0.4 is 5.32 Å². The average molecular weight is 372 g/mol. The SMILES string of the molecule is CCC(C)C(NC(=O)c1cc(S(=O)(=O)N2CCCC2)c(C)o1)C(=O)O. The average Bonchev–Trinajstić information content (AvgIpc) is 3.21. The molecule has 25 heavy (non-hydrogen) atoms. The Kier molecular flexibility index (Phi) is 5.89. The van der Waals surface area contributed by atoms with Crippen LogP contribution in [0.2, 0.25) is 0 Å². The second kappa shape index (κ2) is 7.57. The van der Waals surface area contributed by atoms with E-state index in [0.29, 0.717) is 19.5 Å². The van der Waals surface area contributed by atoms with Crippen LogP contribution in [0.5, 0.6) is 0 Å². The van der Waals surface area contributed by atoms with Gasteiger partial charge in [-0.3, -0.25) is 4.79 Å². The van der Waals surface area contributed by atoms with Crippen LogP contribution >= 0.6 is 0 Å². The Bertz CT molecular complexity index is 749. The number of rotatable bonds is 7. The summed E-state index contributed by atoms with van der Waals surface area (Å²) in [7, 11) is -3.70. The van der Waals surface area contributed by atoms with E-state index in [1.807, 2.05) is 6.92 Å². The van der Waals surface area contributed by atoms with Gasteiger partial charge in [0.1, 0.15) is 16.7 Å². The summed E-state index contributed by atoms with van der Waals surface area (Å²) in [5.41, 5.74) is 0. The summed E-state index contributed by atoms with van der Waals surface area (Å²) < 4.78 is 31.9. The van der Waals surface area contributed by atoms with E-state index < -0.39 is 27.9 Å². The lowest BCUT2D eigenvalue weighted by Gasteiger charge is -2.19. The van der Waals surface area contributed by atoms with Crippen LogP contribution in [0.3, 0.4) is 0 Å². The maximum absolute atomic E-state index is 12.6. The van der Waals surface area contributed by atoms with Gasteiger partial charge in [0.2, 0.25) is 10.0 Å². The van der Waals surface area contributed by atoms with E-state index in [1.54, 1.807) is 6.92 Å². The van der Waals surface area contributed by atoms with E-state index in [1.165, 1.54) is 17.3 Å². The molecule has 1 aromatic heterocycles. The Hall–Kier alpha value is -1.87. The van der Waals surface area contributed by atoms with Gasteiger partial charge in [-0.15, -0.1) is 0 Å². The summed E-state index contributed by atoms with van der Waals surface area (Å²) in [4.78, 5) is 23.6. The third-order valence-electron chi connectivity index (χ3n) is 4.54. The molecular formula is C16H24N2O6S. The first-order valence-electron chi connectivity index (χ1n) is 8.32. The minimum atomic E-state index is -3.70. The molecule has 2 N–H and O–H groups in total. The number of carboxylic acids is 1. The van der Waals surface area contributed by atoms with Crippen LogP contribution in [0.15, 0.2) is 15.4 Å². The van der Waals surface area contributed by atoms with E-state index in [-0.39, 0.29) is 22.3 Å². The number of hydrogen-bond donors (Lipinski definition) is 2. The third kappa shape index (κ3) is 4.04. The minimum absolute atomic E-state index is 0.0463. The van der Waals surface area contributed by atoms with Gasteiger partial charge in [-0.25, -0.2) is 13.2 Å². The molecule has 2 heterocycles. The lowest BCUT2D eigenvalue weighted by atomic mass is 9.99. The minimum Gasteiger partial charge on any atom is -0.480 e. The summed E-state index contributed by atoms with van der Waals surface area (Å²) in [6, 6.07) is 0.106. The molecule has 1 aliphatic rings. The van der Waals surface area contributed by atoms with Gasteiger partial charge < -0.3 is 14.8 Å². The lowest BCUT2D eigenvalue weighted by Crippen LogP contribution is -2.44. The molecule has 0 aliphatic carbocycles. The Morgan fingerprint density at radius 2 is 1.96 bits per heavy atom. The van der Waals surface area contributed by atoms with Gasteiger partial charge in [-0.2, -0.15) is 4.31 Å². The van der Waals surface area contributed by atoms with Gasteiger partial charge >= 0.3 is 5.97 Å². The normalized spacial score (nSPS) is 18.0. The highest BCUT2D eigenvalue weighted by Gasteiger charge is 2.33. The summed E-state index contributed by atoms with van der Waals surface area (Å²) in [6.07, 6.45) is 2.18. The molecule has 1 saturated heterocycles. The quantitative estimate of drug-likeness (QED) is 0.751. The van der Waals surface area contributed by atoms with Crippen molar-refractivity contribution in [1.82, 2.24) is 9.62 Å². The summed E-state index contributed by atoms with van der Waals surface area (Å²) in [5, 5.41) is 11.7. The van der Waals surface area contributed by atoms with E-state index in [2.05, 4.69) is 5.32 Å². The van der Waals surface area contributed by atoms with E-state index in [0.717, 1.165) is 12.8 Å². The predicted octanol–water partition coefficient (Wildman–Crippen LogP) is 1.60. The third-order valence-corrected chi connectivity index (χ3v) is 6.55. The zero-order valence-electron chi connectivity index (χ0n) is 14.6. The number of nitrogens with zero attached hydrogens (tertiary/aromatic N) is 1. The highest BCUT2D eigenvalue weighted by Crippen LogP contribution is 2.26. The molecule has 2 rings (SSSR count). The molecule has 8 nitrogen and oxygen atoms in total. The first-order chi connectivity index (χ1) is 11.7. The zero-order chi connectivity index (χ0) is 18.8. The van der Waals surface area contributed by atoms with Crippen molar-refractivity contribution in [3.63, 3.8) is 0 Å². The molecule has 1 aliphatic heterocycles. The number of sulfonamides is 1. The first-order valence-corrected chi connectivity index (χ1v) is 9.76. The molecule has 1 fully saturated rings. The van der Waals surface area contributed by atoms with Gasteiger partial charge in [0, 0.05) is 19.2 Å². The van der Waals surface area contributed by atoms with Gasteiger partial charge in [0.15, 0.2) is 5.76 Å². The molecule has 0 saturated carbocycles. The fourth-order valence-electron chi connectivity index (χ4n) is 2.80. The number of aliphatic carboxylic acids is 1. The molecule has 9 heteroatoms. The molecule has 2 atom stereocenters. The second-order valence-electron chi connectivity index (χ2n) is 6.32. The predicted molar refractivity (Wildman–Crippen MR) is 89.8 cm³/mol. The van der Waals surface area contributed by atoms with Crippen LogP contribution in [0.25, 0.3) is 0 Å². The monoisotopic (exact) mass is 372 g/mol. The summed E-state index contributed by atoms with van der Waals surface area (Å²) in [5.74, 6) is -2.24. The number of carbonyl (C=O) groups is 2. The summed E-state index contributed by atoms with van der Waals surface area (Å²) in [6.45, 7) is 5.91. The molecule has 0 spiro atoms. The number of nitrogens with one attached hydrogen (secondary N) is 1. The highest BCUT2D eigenvalue weighted by atomic mass is 32.2. The Labute approximate surface area is 147 Å². The van der Waals surface area contributed by atoms with Crippen LogP contribution in [0, 0.1) is 12.8 Å². The second-order valence-corrected chi connectivity index (χ2v) is 8.22. The van der Waals surface area contributed by atoms with Crippen molar-refractivity contribution in [1.29, 1.82) is 0 Å². The van der Waals surface area contributed by atoms with E-state index in [9.17, 15) is 23.1 Å². The zero-order valence-corrected chi connectivity index (χ0v) is 15.4. The lowest BCUT2D eigenvalue weighted by molar-refractivity contribution is -0.140. The molecule has 140 valence electrons. The molecule has 0 aromatic carbocycles. The number of aryl methyl sites for hydroxylation is 1. The molecule has 0 radical (unpaired) electrons. The Balaban J connectivity index is 2.24. The van der Waals surface area contributed by atoms with Crippen LogP contribution in [0.1, 0.15) is 49.4 Å². The number of amides is 1. The fourth-order valence-corrected chi connectivity index (χ4v) is 4.47. The first kappa shape index (κ1) is 19.5. The van der Waals surface area contributed by atoms with E-state index >= 15 is 0 Å².